The van der Waals surface area contributed by atoms with Gasteiger partial charge in [0.15, 0.2) is 0 Å². The molecule has 2 amide bonds. The summed E-state index contributed by atoms with van der Waals surface area (Å²) in [5.41, 5.74) is 0.414. The zero-order valence-corrected chi connectivity index (χ0v) is 16.8. The number of hydrogen-bond donors (Lipinski definition) is 2. The van der Waals surface area contributed by atoms with E-state index in [-0.39, 0.29) is 24.0 Å². The van der Waals surface area contributed by atoms with Crippen LogP contribution in [0.2, 0.25) is 0 Å². The van der Waals surface area contributed by atoms with Gasteiger partial charge in [-0.3, -0.25) is 0 Å². The second kappa shape index (κ2) is 9.10. The number of piperidine rings is 1. The number of nitrogens with zero attached hydrogens (tertiary/aromatic N) is 1. The second-order valence-electron chi connectivity index (χ2n) is 6.80. The topological polar surface area (TPSA) is 87.7 Å². The molecule has 2 N–H and O–H groups in total. The number of halogens is 4. The summed E-state index contributed by atoms with van der Waals surface area (Å²) in [6.07, 6.45) is -4.16. The van der Waals surface area contributed by atoms with Crippen molar-refractivity contribution in [1.29, 1.82) is 0 Å². The molecule has 12 heteroatoms. The predicted molar refractivity (Wildman–Crippen MR) is 103 cm³/mol. The number of benzene rings is 2. The Morgan fingerprint density at radius 1 is 1.00 bits per heavy atom. The Bertz CT molecular complexity index is 1000. The molecule has 1 fully saturated rings. The number of urea groups is 1. The van der Waals surface area contributed by atoms with E-state index in [1.807, 2.05) is 0 Å². The molecule has 0 aliphatic carbocycles. The van der Waals surface area contributed by atoms with Crippen molar-refractivity contribution >= 4 is 21.7 Å². The molecule has 3 rings (SSSR count). The molecule has 0 bridgehead atoms. The fraction of sp³-hybridized carbons (Fsp3) is 0.316. The number of hydrogen-bond acceptors (Lipinski definition) is 4. The fourth-order valence-corrected chi connectivity index (χ4v) is 4.56. The Kier molecular flexibility index (Phi) is 6.70. The van der Waals surface area contributed by atoms with E-state index >= 15 is 0 Å². The number of carbonyl (C=O) groups excluding carboxylic acids is 1. The van der Waals surface area contributed by atoms with Crippen LogP contribution >= 0.6 is 0 Å². The van der Waals surface area contributed by atoms with Gasteiger partial charge in [-0.05, 0) is 61.4 Å². The summed E-state index contributed by atoms with van der Waals surface area (Å²) >= 11 is 0. The Morgan fingerprint density at radius 3 is 2.13 bits per heavy atom. The zero-order chi connectivity index (χ0) is 22.6. The molecule has 1 heterocycles. The van der Waals surface area contributed by atoms with Crippen molar-refractivity contribution in [2.75, 3.05) is 18.4 Å². The fourth-order valence-electron chi connectivity index (χ4n) is 3.09. The molecule has 31 heavy (non-hydrogen) atoms. The molecule has 1 saturated heterocycles. The molecule has 1 aliphatic rings. The lowest BCUT2D eigenvalue weighted by Gasteiger charge is -2.31. The summed E-state index contributed by atoms with van der Waals surface area (Å²) in [7, 11) is -3.89. The van der Waals surface area contributed by atoms with Crippen molar-refractivity contribution < 1.29 is 35.5 Å². The molecule has 0 atom stereocenters. The lowest BCUT2D eigenvalue weighted by atomic mass is 10.1. The molecule has 0 radical (unpaired) electrons. The maximum absolute atomic E-state index is 12.9. The number of sulfonamides is 1. The first-order chi connectivity index (χ1) is 14.5. The van der Waals surface area contributed by atoms with E-state index < -0.39 is 34.0 Å². The molecule has 0 saturated carbocycles. The van der Waals surface area contributed by atoms with Gasteiger partial charge in [0.1, 0.15) is 11.6 Å². The highest BCUT2D eigenvalue weighted by molar-refractivity contribution is 7.89. The van der Waals surface area contributed by atoms with Crippen LogP contribution in [0.3, 0.4) is 0 Å². The van der Waals surface area contributed by atoms with Crippen LogP contribution in [0.15, 0.2) is 53.4 Å². The van der Waals surface area contributed by atoms with Gasteiger partial charge >= 0.3 is 12.4 Å². The van der Waals surface area contributed by atoms with Crippen molar-refractivity contribution in [1.82, 2.24) is 9.62 Å². The maximum Gasteiger partial charge on any atom is 0.573 e. The number of carbonyl (C=O) groups is 1. The van der Waals surface area contributed by atoms with Crippen LogP contribution in [0.4, 0.5) is 28.0 Å². The van der Waals surface area contributed by atoms with E-state index in [2.05, 4.69) is 15.4 Å². The summed E-state index contributed by atoms with van der Waals surface area (Å²) in [5, 5.41) is 5.30. The van der Waals surface area contributed by atoms with Gasteiger partial charge in [-0.2, -0.15) is 4.31 Å². The summed E-state index contributed by atoms with van der Waals surface area (Å²) < 4.78 is 80.0. The Hall–Kier alpha value is -2.86. The first kappa shape index (κ1) is 22.8. The van der Waals surface area contributed by atoms with Gasteiger partial charge in [0.25, 0.3) is 0 Å². The van der Waals surface area contributed by atoms with E-state index in [0.29, 0.717) is 18.5 Å². The highest BCUT2D eigenvalue weighted by Crippen LogP contribution is 2.26. The third kappa shape index (κ3) is 6.31. The summed E-state index contributed by atoms with van der Waals surface area (Å²) in [6.45, 7) is 0.259. The third-order valence-electron chi connectivity index (χ3n) is 4.59. The highest BCUT2D eigenvalue weighted by Gasteiger charge is 2.32. The molecule has 0 aromatic heterocycles. The quantitative estimate of drug-likeness (QED) is 0.665. The van der Waals surface area contributed by atoms with E-state index in [1.54, 1.807) is 0 Å². The minimum atomic E-state index is -4.86. The Morgan fingerprint density at radius 2 is 1.58 bits per heavy atom. The van der Waals surface area contributed by atoms with Crippen LogP contribution in [0.1, 0.15) is 12.8 Å². The lowest BCUT2D eigenvalue weighted by molar-refractivity contribution is -0.274. The van der Waals surface area contributed by atoms with Crippen molar-refractivity contribution in [3.05, 3.63) is 54.3 Å². The van der Waals surface area contributed by atoms with Crippen LogP contribution in [-0.2, 0) is 10.0 Å². The highest BCUT2D eigenvalue weighted by atomic mass is 32.2. The number of ether oxygens (including phenoxy) is 1. The van der Waals surface area contributed by atoms with Crippen LogP contribution in [-0.4, -0.2) is 44.2 Å². The van der Waals surface area contributed by atoms with Gasteiger partial charge in [-0.1, -0.05) is 0 Å². The monoisotopic (exact) mass is 461 g/mol. The van der Waals surface area contributed by atoms with Crippen LogP contribution < -0.4 is 15.4 Å². The van der Waals surface area contributed by atoms with Gasteiger partial charge in [0, 0.05) is 24.8 Å². The largest absolute Gasteiger partial charge is 0.573 e. The Balaban J connectivity index is 1.53. The molecular weight excluding hydrogens is 442 g/mol. The van der Waals surface area contributed by atoms with Gasteiger partial charge in [0.2, 0.25) is 10.0 Å². The van der Waals surface area contributed by atoms with Crippen LogP contribution in [0, 0.1) is 5.82 Å². The van der Waals surface area contributed by atoms with Crippen molar-refractivity contribution in [2.24, 2.45) is 0 Å². The minimum Gasteiger partial charge on any atom is -0.406 e. The average molecular weight is 461 g/mol. The zero-order valence-electron chi connectivity index (χ0n) is 16.0. The van der Waals surface area contributed by atoms with E-state index in [0.717, 1.165) is 24.3 Å². The van der Waals surface area contributed by atoms with Crippen LogP contribution in [0.5, 0.6) is 5.75 Å². The van der Waals surface area contributed by atoms with E-state index in [9.17, 15) is 30.8 Å². The first-order valence-corrected chi connectivity index (χ1v) is 10.7. The standard InChI is InChI=1S/C19H19F4N3O4S/c20-13-1-3-14(4-2-13)24-18(27)25-15-9-11-26(12-10-15)31(28,29)17-7-5-16(6-8-17)30-19(21,22)23/h1-8,15H,9-12H2,(H2,24,25,27). The number of anilines is 1. The molecular formula is C19H19F4N3O4S. The number of nitrogens with one attached hydrogen (secondary N) is 2. The predicted octanol–water partition coefficient (Wildman–Crippen LogP) is 3.70. The van der Waals surface area contributed by atoms with Gasteiger partial charge in [0.05, 0.1) is 4.90 Å². The maximum atomic E-state index is 12.9. The molecule has 0 spiro atoms. The average Bonchev–Trinajstić information content (AvgIpc) is 2.69. The normalized spacial score (nSPS) is 16.0. The summed E-state index contributed by atoms with van der Waals surface area (Å²) in [6, 6.07) is 8.46. The smallest absolute Gasteiger partial charge is 0.406 e. The van der Waals surface area contributed by atoms with Crippen molar-refractivity contribution in [3.63, 3.8) is 0 Å². The first-order valence-electron chi connectivity index (χ1n) is 9.22. The molecule has 2 aromatic rings. The van der Waals surface area contributed by atoms with Crippen molar-refractivity contribution in [3.8, 4) is 5.75 Å². The molecule has 7 nitrogen and oxygen atoms in total. The SMILES string of the molecule is O=C(Nc1ccc(F)cc1)NC1CCN(S(=O)(=O)c2ccc(OC(F)(F)F)cc2)CC1. The van der Waals surface area contributed by atoms with E-state index in [4.69, 9.17) is 0 Å². The third-order valence-corrected chi connectivity index (χ3v) is 6.50. The summed E-state index contributed by atoms with van der Waals surface area (Å²) in [5.74, 6) is -0.941. The second-order valence-corrected chi connectivity index (χ2v) is 8.74. The molecule has 168 valence electrons. The lowest BCUT2D eigenvalue weighted by Crippen LogP contribution is -2.47. The van der Waals surface area contributed by atoms with Gasteiger partial charge in [-0.15, -0.1) is 13.2 Å². The number of alkyl halides is 3. The van der Waals surface area contributed by atoms with Gasteiger partial charge < -0.3 is 15.4 Å². The van der Waals surface area contributed by atoms with E-state index in [1.165, 1.54) is 28.6 Å². The number of amides is 2. The molecule has 2 aromatic carbocycles. The Labute approximate surface area is 176 Å². The number of rotatable bonds is 5. The minimum absolute atomic E-state index is 0.130. The van der Waals surface area contributed by atoms with Gasteiger partial charge in [-0.25, -0.2) is 17.6 Å². The molecule has 0 unspecified atom stereocenters. The summed E-state index contributed by atoms with van der Waals surface area (Å²) in [4.78, 5) is 11.9. The van der Waals surface area contributed by atoms with Crippen molar-refractivity contribution in [2.45, 2.75) is 30.1 Å². The molecule has 1 aliphatic heterocycles. The van der Waals surface area contributed by atoms with Crippen LogP contribution in [0.25, 0.3) is 0 Å².